The second-order valence-corrected chi connectivity index (χ2v) is 6.98. The van der Waals surface area contributed by atoms with Gasteiger partial charge in [-0.05, 0) is 30.0 Å². The fourth-order valence-corrected chi connectivity index (χ4v) is 3.32. The summed E-state index contributed by atoms with van der Waals surface area (Å²) in [5.74, 6) is 0.510. The van der Waals surface area contributed by atoms with Crippen molar-refractivity contribution in [2.75, 3.05) is 31.6 Å². The summed E-state index contributed by atoms with van der Waals surface area (Å²) in [5, 5.41) is 9.20. The Morgan fingerprint density at radius 1 is 1.26 bits per heavy atom. The lowest BCUT2D eigenvalue weighted by Crippen LogP contribution is -2.47. The van der Waals surface area contributed by atoms with E-state index in [1.165, 1.54) is 0 Å². The van der Waals surface area contributed by atoms with Crippen LogP contribution in [0.4, 0.5) is 5.82 Å². The molecule has 1 aromatic carbocycles. The minimum atomic E-state index is -0.0565. The number of nitrogens with one attached hydrogen (secondary N) is 1. The fourth-order valence-electron chi connectivity index (χ4n) is 3.32. The zero-order valence-electron chi connectivity index (χ0n) is 15.6. The van der Waals surface area contributed by atoms with Crippen molar-refractivity contribution in [2.45, 2.75) is 13.0 Å². The highest BCUT2D eigenvalue weighted by Gasteiger charge is 2.21. The van der Waals surface area contributed by atoms with Gasteiger partial charge in [-0.15, -0.1) is 0 Å². The molecule has 1 amide bonds. The highest BCUT2D eigenvalue weighted by molar-refractivity contribution is 5.94. The number of carbonyl (C=O) groups excluding carboxylic acids is 1. The number of hydrogen-bond donors (Lipinski definition) is 1. The molecule has 0 saturated carbocycles. The molecule has 1 fully saturated rings. The SMILES string of the molecule is C[C@H]1COCCN1CC(=O)Nc1cc2cc(-c3cnn(C)c3)ccc2cn1. The van der Waals surface area contributed by atoms with Gasteiger partial charge in [0, 0.05) is 43.0 Å². The van der Waals surface area contributed by atoms with E-state index in [2.05, 4.69) is 39.4 Å². The van der Waals surface area contributed by atoms with Gasteiger partial charge in [0.1, 0.15) is 5.82 Å². The number of aryl methyl sites for hydroxylation is 1. The average Bonchev–Trinajstić information content (AvgIpc) is 3.09. The third-order valence-corrected chi connectivity index (χ3v) is 4.88. The van der Waals surface area contributed by atoms with Crippen LogP contribution in [0.15, 0.2) is 42.9 Å². The number of pyridine rings is 1. The molecule has 0 radical (unpaired) electrons. The first-order chi connectivity index (χ1) is 13.1. The molecule has 0 bridgehead atoms. The first-order valence-corrected chi connectivity index (χ1v) is 9.09. The van der Waals surface area contributed by atoms with E-state index in [0.717, 1.165) is 28.4 Å². The molecule has 1 N–H and O–H groups in total. The third kappa shape index (κ3) is 3.99. The molecule has 0 spiro atoms. The Bertz CT molecular complexity index is 968. The van der Waals surface area contributed by atoms with Crippen LogP contribution in [0.2, 0.25) is 0 Å². The number of ether oxygens (including phenoxy) is 1. The lowest BCUT2D eigenvalue weighted by Gasteiger charge is -2.32. The van der Waals surface area contributed by atoms with Crippen molar-refractivity contribution < 1.29 is 9.53 Å². The molecule has 3 aromatic rings. The largest absolute Gasteiger partial charge is 0.379 e. The summed E-state index contributed by atoms with van der Waals surface area (Å²) in [6.07, 6.45) is 5.61. The molecule has 0 aliphatic carbocycles. The van der Waals surface area contributed by atoms with Crippen molar-refractivity contribution >= 4 is 22.5 Å². The predicted molar refractivity (Wildman–Crippen MR) is 104 cm³/mol. The Balaban J connectivity index is 1.51. The van der Waals surface area contributed by atoms with Crippen molar-refractivity contribution in [3.05, 3.63) is 42.9 Å². The van der Waals surface area contributed by atoms with E-state index >= 15 is 0 Å². The second-order valence-electron chi connectivity index (χ2n) is 6.98. The molecule has 3 heterocycles. The number of benzene rings is 1. The van der Waals surface area contributed by atoms with Crippen LogP contribution in [0, 0.1) is 0 Å². The van der Waals surface area contributed by atoms with E-state index < -0.39 is 0 Å². The van der Waals surface area contributed by atoms with Gasteiger partial charge in [-0.3, -0.25) is 14.4 Å². The third-order valence-electron chi connectivity index (χ3n) is 4.88. The summed E-state index contributed by atoms with van der Waals surface area (Å²) in [4.78, 5) is 18.9. The van der Waals surface area contributed by atoms with E-state index in [1.54, 1.807) is 10.9 Å². The lowest BCUT2D eigenvalue weighted by molar-refractivity contribution is -0.119. The number of aromatic nitrogens is 3. The maximum atomic E-state index is 12.4. The minimum absolute atomic E-state index is 0.0565. The maximum absolute atomic E-state index is 12.4. The van der Waals surface area contributed by atoms with Crippen molar-refractivity contribution in [2.24, 2.45) is 7.05 Å². The number of morpholine rings is 1. The number of anilines is 1. The van der Waals surface area contributed by atoms with E-state index in [4.69, 9.17) is 4.74 Å². The molecule has 1 aliphatic heterocycles. The van der Waals surface area contributed by atoms with Crippen LogP contribution in [0.3, 0.4) is 0 Å². The van der Waals surface area contributed by atoms with E-state index in [-0.39, 0.29) is 11.9 Å². The topological polar surface area (TPSA) is 72.3 Å². The molecule has 140 valence electrons. The highest BCUT2D eigenvalue weighted by atomic mass is 16.5. The summed E-state index contributed by atoms with van der Waals surface area (Å²) >= 11 is 0. The van der Waals surface area contributed by atoms with Crippen LogP contribution in [-0.2, 0) is 16.6 Å². The summed E-state index contributed by atoms with van der Waals surface area (Å²) in [6, 6.07) is 8.34. The summed E-state index contributed by atoms with van der Waals surface area (Å²) in [6.45, 7) is 4.52. The molecular weight excluding hydrogens is 342 g/mol. The Hall–Kier alpha value is -2.77. The van der Waals surface area contributed by atoms with Crippen molar-refractivity contribution in [3.63, 3.8) is 0 Å². The predicted octanol–water partition coefficient (Wildman–Crippen LogP) is 2.29. The van der Waals surface area contributed by atoms with Gasteiger partial charge >= 0.3 is 0 Å². The van der Waals surface area contributed by atoms with E-state index in [9.17, 15) is 4.79 Å². The van der Waals surface area contributed by atoms with Gasteiger partial charge < -0.3 is 10.1 Å². The Morgan fingerprint density at radius 3 is 2.93 bits per heavy atom. The van der Waals surface area contributed by atoms with Crippen molar-refractivity contribution in [1.29, 1.82) is 0 Å². The van der Waals surface area contributed by atoms with Crippen LogP contribution in [-0.4, -0.2) is 57.9 Å². The van der Waals surface area contributed by atoms with Crippen molar-refractivity contribution in [3.8, 4) is 11.1 Å². The Morgan fingerprint density at radius 2 is 2.15 bits per heavy atom. The van der Waals surface area contributed by atoms with E-state index in [0.29, 0.717) is 25.6 Å². The van der Waals surface area contributed by atoms with Crippen LogP contribution in [0.5, 0.6) is 0 Å². The molecule has 7 heteroatoms. The Labute approximate surface area is 157 Å². The van der Waals surface area contributed by atoms with Gasteiger partial charge in [0.25, 0.3) is 0 Å². The fraction of sp³-hybridized carbons (Fsp3) is 0.350. The maximum Gasteiger partial charge on any atom is 0.239 e. The standard InChI is InChI=1S/C20H23N5O2/c1-14-13-27-6-5-25(14)12-20(26)23-19-8-17-7-15(3-4-16(17)9-21-19)18-10-22-24(2)11-18/h3-4,7-11,14H,5-6,12-13H2,1-2H3,(H,21,23,26)/t14-/m0/s1. The molecule has 2 aromatic heterocycles. The van der Waals surface area contributed by atoms with Crippen LogP contribution in [0.1, 0.15) is 6.92 Å². The van der Waals surface area contributed by atoms with Gasteiger partial charge in [0.15, 0.2) is 0 Å². The number of fused-ring (bicyclic) bond motifs is 1. The van der Waals surface area contributed by atoms with Crippen molar-refractivity contribution in [1.82, 2.24) is 19.7 Å². The number of amides is 1. The summed E-state index contributed by atoms with van der Waals surface area (Å²) < 4.78 is 7.20. The van der Waals surface area contributed by atoms with Gasteiger partial charge in [-0.2, -0.15) is 5.10 Å². The number of hydrogen-bond acceptors (Lipinski definition) is 5. The van der Waals surface area contributed by atoms with Crippen LogP contribution < -0.4 is 5.32 Å². The summed E-state index contributed by atoms with van der Waals surface area (Å²) in [5.41, 5.74) is 2.14. The van der Waals surface area contributed by atoms with E-state index in [1.807, 2.05) is 31.6 Å². The molecule has 1 atom stereocenters. The molecule has 27 heavy (non-hydrogen) atoms. The number of carbonyl (C=O) groups is 1. The molecule has 7 nitrogen and oxygen atoms in total. The zero-order chi connectivity index (χ0) is 18.8. The summed E-state index contributed by atoms with van der Waals surface area (Å²) in [7, 11) is 1.90. The zero-order valence-corrected chi connectivity index (χ0v) is 15.6. The van der Waals surface area contributed by atoms with Gasteiger partial charge in [-0.1, -0.05) is 12.1 Å². The van der Waals surface area contributed by atoms with Gasteiger partial charge in [-0.25, -0.2) is 4.98 Å². The van der Waals surface area contributed by atoms with Gasteiger partial charge in [0.05, 0.1) is 26.0 Å². The van der Waals surface area contributed by atoms with Gasteiger partial charge in [0.2, 0.25) is 5.91 Å². The number of rotatable bonds is 4. The quantitative estimate of drug-likeness (QED) is 0.768. The van der Waals surface area contributed by atoms with Crippen LogP contribution in [0.25, 0.3) is 21.9 Å². The smallest absolute Gasteiger partial charge is 0.239 e. The number of nitrogens with zero attached hydrogens (tertiary/aromatic N) is 4. The molecule has 1 saturated heterocycles. The Kier molecular flexibility index (Phi) is 4.87. The highest BCUT2D eigenvalue weighted by Crippen LogP contribution is 2.25. The average molecular weight is 365 g/mol. The first kappa shape index (κ1) is 17.6. The molecular formula is C20H23N5O2. The molecule has 0 unspecified atom stereocenters. The normalized spacial score (nSPS) is 17.9. The van der Waals surface area contributed by atoms with Crippen LogP contribution >= 0.6 is 0 Å². The molecule has 1 aliphatic rings. The first-order valence-electron chi connectivity index (χ1n) is 9.09. The second kappa shape index (κ2) is 7.46. The lowest BCUT2D eigenvalue weighted by atomic mass is 10.1. The monoisotopic (exact) mass is 365 g/mol. The minimum Gasteiger partial charge on any atom is -0.379 e. The molecule has 4 rings (SSSR count).